The van der Waals surface area contributed by atoms with Gasteiger partial charge in [0, 0.05) is 12.1 Å². The van der Waals surface area contributed by atoms with Crippen LogP contribution in [-0.2, 0) is 31.3 Å². The van der Waals surface area contributed by atoms with Gasteiger partial charge in [-0.2, -0.15) is 0 Å². The van der Waals surface area contributed by atoms with Crippen LogP contribution in [-0.4, -0.2) is 24.9 Å². The molecular weight excluding hydrogens is 252 g/mol. The summed E-state index contributed by atoms with van der Waals surface area (Å²) in [6, 6.07) is 0.377. The molecule has 4 nitrogen and oxygen atoms in total. The van der Waals surface area contributed by atoms with Gasteiger partial charge in [-0.05, 0) is 24.7 Å². The molecule has 0 radical (unpaired) electrons. The van der Waals surface area contributed by atoms with Crippen molar-refractivity contribution in [3.05, 3.63) is 14.9 Å². The Morgan fingerprint density at radius 3 is 1.65 bits per heavy atom. The van der Waals surface area contributed by atoms with Crippen molar-refractivity contribution in [1.29, 1.82) is 0 Å². The van der Waals surface area contributed by atoms with Crippen LogP contribution in [0.3, 0.4) is 0 Å². The Balaban J connectivity index is -0.000000653. The Hall–Kier alpha value is -0.346. The predicted octanol–water partition coefficient (Wildman–Crippen LogP) is 1.32. The third-order valence-electron chi connectivity index (χ3n) is 2.77. The number of carbonyl (C=O) groups is 2. The van der Waals surface area contributed by atoms with E-state index in [4.69, 9.17) is 0 Å². The van der Waals surface area contributed by atoms with Gasteiger partial charge in [-0.25, -0.2) is 0 Å². The molecule has 2 unspecified atom stereocenters. The molecule has 0 heterocycles. The van der Waals surface area contributed by atoms with E-state index in [0.717, 1.165) is 32.1 Å². The summed E-state index contributed by atoms with van der Waals surface area (Å²) in [6.07, 6.45) is 4.26. The summed E-state index contributed by atoms with van der Waals surface area (Å²) in [6.45, 7) is 4.32. The van der Waals surface area contributed by atoms with Crippen LogP contribution in [0.15, 0.2) is 0 Å². The van der Waals surface area contributed by atoms with Gasteiger partial charge >= 0.3 is 21.7 Å². The average Bonchev–Trinajstić information content (AvgIpc) is 2.01. The van der Waals surface area contributed by atoms with Gasteiger partial charge in [0.25, 0.3) is 0 Å². The van der Waals surface area contributed by atoms with Crippen molar-refractivity contribution in [2.75, 3.05) is 0 Å². The van der Waals surface area contributed by atoms with Crippen LogP contribution in [0.5, 0.6) is 0 Å². The van der Waals surface area contributed by atoms with E-state index in [9.17, 15) is 9.59 Å². The van der Waals surface area contributed by atoms with Crippen LogP contribution in [0.25, 0.3) is 0 Å². The maximum atomic E-state index is 10.3. The monoisotopic (exact) mass is 276 g/mol. The molecule has 0 saturated heterocycles. The summed E-state index contributed by atoms with van der Waals surface area (Å²) in [5.74, 6) is 0. The van der Waals surface area contributed by atoms with Crippen LogP contribution >= 0.6 is 0 Å². The van der Waals surface area contributed by atoms with Crippen molar-refractivity contribution < 1.29 is 31.3 Å². The van der Waals surface area contributed by atoms with E-state index in [1.165, 1.54) is 0 Å². The quantitative estimate of drug-likeness (QED) is 0.462. The number of nitrogens with one attached hydrogen (secondary N) is 2. The summed E-state index contributed by atoms with van der Waals surface area (Å²) in [7, 11) is 0. The fraction of sp³-hybridized carbons (Fsp3) is 0.667. The van der Waals surface area contributed by atoms with E-state index in [0.29, 0.717) is 0 Å². The molecule has 0 aromatic carbocycles. The molecule has 2 atom stereocenters. The van der Waals surface area contributed by atoms with Gasteiger partial charge in [-0.1, -0.05) is 13.8 Å². The van der Waals surface area contributed by atoms with E-state index < -0.39 is 0 Å². The largest absolute Gasteiger partial charge is 2.00 e. The summed E-state index contributed by atoms with van der Waals surface area (Å²) in [4.78, 5) is 20.7. The van der Waals surface area contributed by atoms with Crippen molar-refractivity contribution in [3.63, 3.8) is 0 Å². The van der Waals surface area contributed by atoms with Crippen LogP contribution in [0.2, 0.25) is 0 Å². The van der Waals surface area contributed by atoms with E-state index in [-0.39, 0.29) is 54.1 Å². The molecule has 17 heavy (non-hydrogen) atoms. The van der Waals surface area contributed by atoms with Gasteiger partial charge in [0.05, 0.1) is 0 Å². The maximum absolute atomic E-state index is 10.3. The Morgan fingerprint density at radius 1 is 1.00 bits per heavy atom. The van der Waals surface area contributed by atoms with E-state index >= 15 is 0 Å². The zero-order valence-electron chi connectivity index (χ0n) is 11.2. The molecule has 1 aliphatic carbocycles. The Bertz CT molecular complexity index is 203. The number of hydrogen-bond donors (Lipinski definition) is 2. The second-order valence-electron chi connectivity index (χ2n) is 4.77. The first-order valence-corrected chi connectivity index (χ1v) is 4.97. The minimum Gasteiger partial charge on any atom is -0.358 e. The molecule has 0 spiro atoms. The smallest absolute Gasteiger partial charge is 0.358 e. The minimum atomic E-state index is 0. The second-order valence-corrected chi connectivity index (χ2v) is 4.77. The van der Waals surface area contributed by atoms with Crippen LogP contribution < -0.4 is 10.6 Å². The van der Waals surface area contributed by atoms with Crippen LogP contribution in [0.1, 0.15) is 33.1 Å². The maximum Gasteiger partial charge on any atom is 2.00 e. The number of hydrogen-bond acceptors (Lipinski definition) is 2. The molecule has 0 aromatic heterocycles. The first-order valence-electron chi connectivity index (χ1n) is 4.97. The third kappa shape index (κ3) is 7.56. The number of amides is 2. The fourth-order valence-corrected chi connectivity index (χ4v) is 2.37. The molecule has 1 saturated carbocycles. The van der Waals surface area contributed by atoms with E-state index in [1.807, 2.05) is 0 Å². The van der Waals surface area contributed by atoms with Crippen molar-refractivity contribution in [2.24, 2.45) is 5.41 Å². The van der Waals surface area contributed by atoms with Gasteiger partial charge in [0.2, 0.25) is 12.8 Å². The van der Waals surface area contributed by atoms with Crippen LogP contribution in [0, 0.1) is 20.3 Å². The first-order chi connectivity index (χ1) is 6.57. The topological polar surface area (TPSA) is 58.2 Å². The molecular formula is C12H24N2O2Ti. The average molecular weight is 276 g/mol. The SMILES string of the molecule is CC1(C)CC(NC=O)CC(NC=O)C1.[CH3-].[CH3-].[Ti+2]. The van der Waals surface area contributed by atoms with Crippen LogP contribution in [0.4, 0.5) is 0 Å². The first kappa shape index (κ1) is 21.9. The molecule has 98 valence electrons. The zero-order valence-corrected chi connectivity index (χ0v) is 12.8. The van der Waals surface area contributed by atoms with Gasteiger partial charge in [-0.15, -0.1) is 0 Å². The van der Waals surface area contributed by atoms with Gasteiger partial charge < -0.3 is 25.5 Å². The number of rotatable bonds is 4. The van der Waals surface area contributed by atoms with E-state index in [2.05, 4.69) is 24.5 Å². The predicted molar refractivity (Wildman–Crippen MR) is 66.4 cm³/mol. The Morgan fingerprint density at radius 2 is 1.35 bits per heavy atom. The summed E-state index contributed by atoms with van der Waals surface area (Å²) in [5.41, 5.74) is 0.180. The molecule has 1 aliphatic rings. The van der Waals surface area contributed by atoms with Crippen molar-refractivity contribution in [2.45, 2.75) is 45.2 Å². The molecule has 1 rings (SSSR count). The van der Waals surface area contributed by atoms with E-state index in [1.54, 1.807) is 0 Å². The summed E-state index contributed by atoms with van der Waals surface area (Å²) >= 11 is 0. The molecule has 2 amide bonds. The van der Waals surface area contributed by atoms with Crippen molar-refractivity contribution in [1.82, 2.24) is 10.6 Å². The fourth-order valence-electron chi connectivity index (χ4n) is 2.37. The second kappa shape index (κ2) is 9.66. The minimum absolute atomic E-state index is 0. The molecule has 0 bridgehead atoms. The third-order valence-corrected chi connectivity index (χ3v) is 2.77. The molecule has 5 heteroatoms. The Labute approximate surface area is 120 Å². The molecule has 0 aromatic rings. The molecule has 1 fully saturated rings. The van der Waals surface area contributed by atoms with Crippen molar-refractivity contribution in [3.8, 4) is 0 Å². The standard InChI is InChI=1S/C10H18N2O2.2CH3.Ti/c1-10(2)4-8(11-6-13)3-9(5-10)12-7-14;;;/h6-9H,3-5H2,1-2H3,(H,11,13)(H,12,14);2*1H3;/q;2*-1;+2. The van der Waals surface area contributed by atoms with Crippen molar-refractivity contribution >= 4 is 12.8 Å². The summed E-state index contributed by atoms with van der Waals surface area (Å²) < 4.78 is 0. The molecule has 0 aliphatic heterocycles. The Kier molecular flexibility index (Phi) is 12.4. The van der Waals surface area contributed by atoms with Gasteiger partial charge in [0.15, 0.2) is 0 Å². The van der Waals surface area contributed by atoms with Gasteiger partial charge in [0.1, 0.15) is 0 Å². The normalized spacial score (nSPS) is 25.1. The summed E-state index contributed by atoms with van der Waals surface area (Å²) in [5, 5.41) is 5.58. The number of carbonyl (C=O) groups excluding carboxylic acids is 2. The zero-order chi connectivity index (χ0) is 10.6. The molecule has 2 N–H and O–H groups in total. The van der Waals surface area contributed by atoms with Gasteiger partial charge in [-0.3, -0.25) is 9.59 Å².